The minimum Gasteiger partial charge on any atom is -0.368 e. The molecule has 2 saturated carbocycles. The van der Waals surface area contributed by atoms with E-state index in [-0.39, 0.29) is 5.95 Å². The molecule has 2 heterocycles. The maximum Gasteiger partial charge on any atom is 0.224 e. The van der Waals surface area contributed by atoms with Gasteiger partial charge in [-0.25, -0.2) is 4.98 Å². The number of rotatable bonds is 4. The Bertz CT molecular complexity index is 571. The second kappa shape index (κ2) is 3.57. The highest BCUT2D eigenvalue weighted by molar-refractivity contribution is 5.83. The zero-order valence-electron chi connectivity index (χ0n) is 10.1. The van der Waals surface area contributed by atoms with Gasteiger partial charge in [-0.2, -0.15) is 9.97 Å². The van der Waals surface area contributed by atoms with Crippen LogP contribution in [0.25, 0.3) is 11.2 Å². The van der Waals surface area contributed by atoms with Gasteiger partial charge < -0.3 is 16.0 Å². The Morgan fingerprint density at radius 2 is 1.94 bits per heavy atom. The highest BCUT2D eigenvalue weighted by Crippen LogP contribution is 2.46. The normalized spacial score (nSPS) is 19.6. The number of hydrogen-bond donors (Lipinski definition) is 3. The fraction of sp³-hybridized carbons (Fsp3) is 0.583. The molecule has 0 atom stereocenters. The molecule has 2 fully saturated rings. The Morgan fingerprint density at radius 3 is 2.61 bits per heavy atom. The molecule has 0 aliphatic heterocycles. The molecule has 0 radical (unpaired) electrons. The highest BCUT2D eigenvalue weighted by atomic mass is 15.1. The Hall–Kier alpha value is -1.85. The average Bonchev–Trinajstić information content (AvgIpc) is 3.24. The largest absolute Gasteiger partial charge is 0.368 e. The molecule has 2 aliphatic carbocycles. The summed E-state index contributed by atoms with van der Waals surface area (Å²) < 4.78 is 0. The predicted molar refractivity (Wildman–Crippen MR) is 69.0 cm³/mol. The fourth-order valence-electron chi connectivity index (χ4n) is 2.64. The van der Waals surface area contributed by atoms with Crippen LogP contribution in [-0.4, -0.2) is 26.0 Å². The molecule has 0 saturated heterocycles. The Kier molecular flexibility index (Phi) is 2.00. The van der Waals surface area contributed by atoms with Crippen LogP contribution in [0.2, 0.25) is 0 Å². The molecule has 2 aromatic rings. The van der Waals surface area contributed by atoms with E-state index in [2.05, 4.69) is 25.3 Å². The molecule has 2 aromatic heterocycles. The van der Waals surface area contributed by atoms with Crippen LogP contribution in [0.15, 0.2) is 6.33 Å². The van der Waals surface area contributed by atoms with Crippen molar-refractivity contribution >= 4 is 22.9 Å². The van der Waals surface area contributed by atoms with Gasteiger partial charge in [0.05, 0.1) is 6.33 Å². The smallest absolute Gasteiger partial charge is 0.224 e. The van der Waals surface area contributed by atoms with E-state index in [9.17, 15) is 0 Å². The van der Waals surface area contributed by atoms with E-state index in [0.717, 1.165) is 23.2 Å². The number of hydrogen-bond acceptors (Lipinski definition) is 5. The summed E-state index contributed by atoms with van der Waals surface area (Å²) in [5, 5.41) is 3.57. The summed E-state index contributed by atoms with van der Waals surface area (Å²) in [6.45, 7) is 0. The van der Waals surface area contributed by atoms with Crippen LogP contribution >= 0.6 is 0 Å². The standard InChI is InChI=1S/C12H16N6/c13-12-17-10-9(14-5-15-10)11(18-12)16-8(6-1-2-6)7-3-4-7/h5-8H,1-4H2,(H4,13,14,15,16,17,18). The van der Waals surface area contributed by atoms with Crippen molar-refractivity contribution in [1.82, 2.24) is 19.9 Å². The third-order valence-corrected chi connectivity index (χ3v) is 3.87. The first-order chi connectivity index (χ1) is 8.81. The van der Waals surface area contributed by atoms with Crippen LogP contribution < -0.4 is 11.1 Å². The van der Waals surface area contributed by atoms with Gasteiger partial charge in [0.25, 0.3) is 0 Å². The van der Waals surface area contributed by atoms with Crippen molar-refractivity contribution in [2.45, 2.75) is 31.7 Å². The monoisotopic (exact) mass is 244 g/mol. The molecular formula is C12H16N6. The van der Waals surface area contributed by atoms with Gasteiger partial charge in [0.15, 0.2) is 11.5 Å². The predicted octanol–water partition coefficient (Wildman–Crippen LogP) is 1.54. The zero-order valence-corrected chi connectivity index (χ0v) is 10.1. The van der Waals surface area contributed by atoms with E-state index in [0.29, 0.717) is 11.7 Å². The van der Waals surface area contributed by atoms with Crippen LogP contribution in [-0.2, 0) is 0 Å². The Balaban J connectivity index is 1.70. The summed E-state index contributed by atoms with van der Waals surface area (Å²) in [7, 11) is 0. The lowest BCUT2D eigenvalue weighted by Crippen LogP contribution is -2.25. The Labute approximate surface area is 104 Å². The lowest BCUT2D eigenvalue weighted by molar-refractivity contribution is 0.566. The second-order valence-electron chi connectivity index (χ2n) is 5.38. The van der Waals surface area contributed by atoms with E-state index in [1.54, 1.807) is 6.33 Å². The molecule has 0 spiro atoms. The molecule has 0 bridgehead atoms. The summed E-state index contributed by atoms with van der Waals surface area (Å²) >= 11 is 0. The van der Waals surface area contributed by atoms with Crippen molar-refractivity contribution in [2.24, 2.45) is 11.8 Å². The highest BCUT2D eigenvalue weighted by Gasteiger charge is 2.41. The number of nitrogens with two attached hydrogens (primary N) is 1. The van der Waals surface area contributed by atoms with Crippen molar-refractivity contribution in [3.63, 3.8) is 0 Å². The molecule has 4 N–H and O–H groups in total. The van der Waals surface area contributed by atoms with Crippen molar-refractivity contribution < 1.29 is 0 Å². The minimum atomic E-state index is 0.280. The summed E-state index contributed by atoms with van der Waals surface area (Å²) in [5.41, 5.74) is 7.22. The second-order valence-corrected chi connectivity index (χ2v) is 5.38. The number of nitrogens with one attached hydrogen (secondary N) is 2. The number of H-pyrrole nitrogens is 1. The molecule has 18 heavy (non-hydrogen) atoms. The van der Waals surface area contributed by atoms with Gasteiger partial charge in [0.2, 0.25) is 5.95 Å². The van der Waals surface area contributed by atoms with E-state index >= 15 is 0 Å². The molecule has 0 unspecified atom stereocenters. The van der Waals surface area contributed by atoms with Crippen LogP contribution in [0.3, 0.4) is 0 Å². The molecule has 94 valence electrons. The van der Waals surface area contributed by atoms with Crippen LogP contribution in [0.4, 0.5) is 11.8 Å². The van der Waals surface area contributed by atoms with Crippen molar-refractivity contribution in [3.05, 3.63) is 6.33 Å². The average molecular weight is 244 g/mol. The van der Waals surface area contributed by atoms with E-state index in [4.69, 9.17) is 5.73 Å². The van der Waals surface area contributed by atoms with Gasteiger partial charge >= 0.3 is 0 Å². The molecule has 6 heteroatoms. The summed E-state index contributed by atoms with van der Waals surface area (Å²) in [6, 6.07) is 0.547. The number of aromatic amines is 1. The van der Waals surface area contributed by atoms with Crippen LogP contribution in [0.1, 0.15) is 25.7 Å². The van der Waals surface area contributed by atoms with Crippen LogP contribution in [0, 0.1) is 11.8 Å². The van der Waals surface area contributed by atoms with Gasteiger partial charge in [-0.1, -0.05) is 0 Å². The summed E-state index contributed by atoms with van der Waals surface area (Å²) in [6.07, 6.45) is 6.97. The van der Waals surface area contributed by atoms with Gasteiger partial charge in [-0.05, 0) is 37.5 Å². The lowest BCUT2D eigenvalue weighted by atomic mass is 10.1. The van der Waals surface area contributed by atoms with Crippen LogP contribution in [0.5, 0.6) is 0 Å². The minimum absolute atomic E-state index is 0.280. The maximum absolute atomic E-state index is 5.73. The number of nitrogens with zero attached hydrogens (tertiary/aromatic N) is 3. The summed E-state index contributed by atoms with van der Waals surface area (Å²) in [4.78, 5) is 15.7. The van der Waals surface area contributed by atoms with Gasteiger partial charge in [0.1, 0.15) is 5.52 Å². The number of fused-ring (bicyclic) bond motifs is 1. The third kappa shape index (κ3) is 1.68. The van der Waals surface area contributed by atoms with E-state index in [1.165, 1.54) is 25.7 Å². The molecule has 6 nitrogen and oxygen atoms in total. The molecule has 0 aromatic carbocycles. The van der Waals surface area contributed by atoms with Gasteiger partial charge in [-0.15, -0.1) is 0 Å². The Morgan fingerprint density at radius 1 is 1.22 bits per heavy atom. The van der Waals surface area contributed by atoms with E-state index in [1.807, 2.05) is 0 Å². The number of imidazole rings is 1. The first kappa shape index (κ1) is 10.1. The van der Waals surface area contributed by atoms with Crippen molar-refractivity contribution in [1.29, 1.82) is 0 Å². The van der Waals surface area contributed by atoms with Gasteiger partial charge in [0, 0.05) is 6.04 Å². The fourth-order valence-corrected chi connectivity index (χ4v) is 2.64. The third-order valence-electron chi connectivity index (χ3n) is 3.87. The van der Waals surface area contributed by atoms with Crippen molar-refractivity contribution in [3.8, 4) is 0 Å². The van der Waals surface area contributed by atoms with Gasteiger partial charge in [-0.3, -0.25) is 0 Å². The SMILES string of the molecule is Nc1nc(NC(C2CC2)C2CC2)c2[nH]cnc2n1. The summed E-state index contributed by atoms with van der Waals surface area (Å²) in [5.74, 6) is 2.71. The quantitative estimate of drug-likeness (QED) is 0.758. The first-order valence-electron chi connectivity index (χ1n) is 6.54. The lowest BCUT2D eigenvalue weighted by Gasteiger charge is -2.18. The molecule has 0 amide bonds. The maximum atomic E-state index is 5.73. The number of anilines is 2. The van der Waals surface area contributed by atoms with Crippen molar-refractivity contribution in [2.75, 3.05) is 11.1 Å². The molecule has 4 rings (SSSR count). The topological polar surface area (TPSA) is 92.5 Å². The molecule has 2 aliphatic rings. The molecular weight excluding hydrogens is 228 g/mol. The number of aromatic nitrogens is 4. The van der Waals surface area contributed by atoms with E-state index < -0.39 is 0 Å². The zero-order chi connectivity index (χ0) is 12.1. The first-order valence-corrected chi connectivity index (χ1v) is 6.54. The number of nitrogen functional groups attached to an aromatic ring is 1.